The summed E-state index contributed by atoms with van der Waals surface area (Å²) in [6, 6.07) is 10.7. The summed E-state index contributed by atoms with van der Waals surface area (Å²) in [5, 5.41) is 2.85. The van der Waals surface area contributed by atoms with Gasteiger partial charge in [-0.05, 0) is 68.4 Å². The summed E-state index contributed by atoms with van der Waals surface area (Å²) in [6.45, 7) is 7.33. The number of aryl methyl sites for hydroxylation is 2. The predicted molar refractivity (Wildman–Crippen MR) is 135 cm³/mol. The minimum absolute atomic E-state index is 0.0131. The standard InChI is InChI=1S/C25H34N4O4S/c1-18-16-22(33-5)17-19(2)24(18)34(32)28(4)11-10-23(30)26-21-8-6-20(7-9-21)25(31)29-14-12-27(3)13-15-29/h6-9,16-17H,10-15H2,1-5H3,(H,26,30). The molecule has 1 unspecified atom stereocenters. The zero-order valence-corrected chi connectivity index (χ0v) is 21.4. The molecule has 0 saturated carbocycles. The van der Waals surface area contributed by atoms with Crippen LogP contribution in [-0.4, -0.2) is 84.1 Å². The number of nitrogens with zero attached hydrogens (tertiary/aromatic N) is 3. The van der Waals surface area contributed by atoms with Gasteiger partial charge in [-0.3, -0.25) is 9.59 Å². The molecule has 2 aromatic carbocycles. The lowest BCUT2D eigenvalue weighted by Gasteiger charge is -2.32. The molecule has 0 bridgehead atoms. The Kier molecular flexibility index (Phi) is 8.82. The van der Waals surface area contributed by atoms with E-state index in [1.807, 2.05) is 30.9 Å². The molecule has 1 fully saturated rings. The third kappa shape index (κ3) is 6.43. The minimum Gasteiger partial charge on any atom is -0.497 e. The second kappa shape index (κ2) is 11.6. The van der Waals surface area contributed by atoms with E-state index >= 15 is 0 Å². The molecule has 1 saturated heterocycles. The number of rotatable bonds is 8. The van der Waals surface area contributed by atoms with E-state index in [4.69, 9.17) is 4.74 Å². The van der Waals surface area contributed by atoms with Gasteiger partial charge in [-0.15, -0.1) is 0 Å². The number of carbonyl (C=O) groups is 2. The average Bonchev–Trinajstić information content (AvgIpc) is 2.82. The first-order chi connectivity index (χ1) is 16.2. The largest absolute Gasteiger partial charge is 0.497 e. The van der Waals surface area contributed by atoms with Crippen molar-refractivity contribution in [1.82, 2.24) is 14.1 Å². The number of piperazine rings is 1. The Morgan fingerprint density at radius 1 is 1.06 bits per heavy atom. The van der Waals surface area contributed by atoms with Crippen molar-refractivity contribution in [3.63, 3.8) is 0 Å². The maximum Gasteiger partial charge on any atom is 0.253 e. The first-order valence-electron chi connectivity index (χ1n) is 11.4. The Morgan fingerprint density at radius 3 is 2.21 bits per heavy atom. The van der Waals surface area contributed by atoms with Crippen LogP contribution in [0, 0.1) is 13.8 Å². The Morgan fingerprint density at radius 2 is 1.65 bits per heavy atom. The monoisotopic (exact) mass is 486 g/mol. The van der Waals surface area contributed by atoms with Gasteiger partial charge >= 0.3 is 0 Å². The smallest absolute Gasteiger partial charge is 0.253 e. The maximum atomic E-state index is 13.0. The normalized spacial score (nSPS) is 15.3. The number of amides is 2. The van der Waals surface area contributed by atoms with E-state index in [-0.39, 0.29) is 18.2 Å². The van der Waals surface area contributed by atoms with Crippen LogP contribution in [0.4, 0.5) is 5.69 Å². The number of nitrogens with one attached hydrogen (secondary N) is 1. The molecule has 0 aliphatic carbocycles. The second-order valence-corrected chi connectivity index (χ2v) is 10.2. The van der Waals surface area contributed by atoms with Gasteiger partial charge < -0.3 is 19.9 Å². The fourth-order valence-electron chi connectivity index (χ4n) is 3.91. The van der Waals surface area contributed by atoms with Crippen LogP contribution in [0.3, 0.4) is 0 Å². The van der Waals surface area contributed by atoms with E-state index in [9.17, 15) is 13.8 Å². The van der Waals surface area contributed by atoms with Crippen LogP contribution in [0.15, 0.2) is 41.3 Å². The molecule has 0 aromatic heterocycles. The molecule has 1 atom stereocenters. The number of ether oxygens (including phenoxy) is 1. The third-order valence-corrected chi connectivity index (χ3v) is 7.73. The molecule has 34 heavy (non-hydrogen) atoms. The topological polar surface area (TPSA) is 82.2 Å². The Labute approximate surface area is 204 Å². The van der Waals surface area contributed by atoms with Crippen molar-refractivity contribution in [2.45, 2.75) is 25.2 Å². The van der Waals surface area contributed by atoms with Crippen LogP contribution >= 0.6 is 0 Å². The molecule has 3 rings (SSSR count). The van der Waals surface area contributed by atoms with Crippen LogP contribution in [0.25, 0.3) is 0 Å². The highest BCUT2D eigenvalue weighted by molar-refractivity contribution is 7.82. The summed E-state index contributed by atoms with van der Waals surface area (Å²) in [5.41, 5.74) is 3.02. The lowest BCUT2D eigenvalue weighted by atomic mass is 10.1. The Hall–Kier alpha value is -2.75. The highest BCUT2D eigenvalue weighted by Gasteiger charge is 2.21. The molecule has 1 aliphatic rings. The van der Waals surface area contributed by atoms with E-state index in [0.717, 1.165) is 48.0 Å². The lowest BCUT2D eigenvalue weighted by Crippen LogP contribution is -2.47. The lowest BCUT2D eigenvalue weighted by molar-refractivity contribution is -0.116. The molecule has 0 radical (unpaired) electrons. The molecule has 1 heterocycles. The van der Waals surface area contributed by atoms with Gasteiger partial charge in [-0.1, -0.05) is 0 Å². The molecule has 2 aromatic rings. The number of methoxy groups -OCH3 is 1. The van der Waals surface area contributed by atoms with Crippen molar-refractivity contribution >= 4 is 28.5 Å². The first kappa shape index (κ1) is 25.9. The van der Waals surface area contributed by atoms with Gasteiger partial charge in [0.1, 0.15) is 16.7 Å². The highest BCUT2D eigenvalue weighted by Crippen LogP contribution is 2.25. The van der Waals surface area contributed by atoms with E-state index in [2.05, 4.69) is 17.3 Å². The number of anilines is 1. The molecule has 1 aliphatic heterocycles. The number of carbonyl (C=O) groups excluding carboxylic acids is 2. The number of likely N-dealkylation sites (N-methyl/N-ethyl adjacent to an activating group) is 1. The SMILES string of the molecule is COc1cc(C)c(S(=O)N(C)CCC(=O)Nc2ccc(C(=O)N3CCN(C)CC3)cc2)c(C)c1. The minimum atomic E-state index is -1.39. The summed E-state index contributed by atoms with van der Waals surface area (Å²) in [6.07, 6.45) is 0.193. The van der Waals surface area contributed by atoms with Gasteiger partial charge in [0, 0.05) is 57.4 Å². The highest BCUT2D eigenvalue weighted by atomic mass is 32.2. The summed E-state index contributed by atoms with van der Waals surface area (Å²) in [7, 11) is 4.01. The van der Waals surface area contributed by atoms with Gasteiger partial charge in [0.25, 0.3) is 5.91 Å². The zero-order chi connectivity index (χ0) is 24.8. The zero-order valence-electron chi connectivity index (χ0n) is 20.6. The maximum absolute atomic E-state index is 13.0. The van der Waals surface area contributed by atoms with Crippen LogP contribution in [0.1, 0.15) is 27.9 Å². The summed E-state index contributed by atoms with van der Waals surface area (Å²) in [5.74, 6) is 0.568. The average molecular weight is 487 g/mol. The molecular formula is C25H34N4O4S. The van der Waals surface area contributed by atoms with Gasteiger partial charge in [-0.25, -0.2) is 8.51 Å². The number of hydrogen-bond acceptors (Lipinski definition) is 5. The molecule has 1 N–H and O–H groups in total. The van der Waals surface area contributed by atoms with Gasteiger partial charge in [0.05, 0.1) is 12.0 Å². The quantitative estimate of drug-likeness (QED) is 0.621. The van der Waals surface area contributed by atoms with Crippen LogP contribution in [-0.2, 0) is 15.8 Å². The number of hydrogen-bond donors (Lipinski definition) is 1. The fourth-order valence-corrected chi connectivity index (χ4v) is 5.15. The van der Waals surface area contributed by atoms with E-state index in [0.29, 0.717) is 17.8 Å². The van der Waals surface area contributed by atoms with E-state index in [1.165, 1.54) is 0 Å². The van der Waals surface area contributed by atoms with Crippen LogP contribution < -0.4 is 10.1 Å². The van der Waals surface area contributed by atoms with Gasteiger partial charge in [-0.2, -0.15) is 0 Å². The first-order valence-corrected chi connectivity index (χ1v) is 12.5. The van der Waals surface area contributed by atoms with Crippen molar-refractivity contribution < 1.29 is 18.5 Å². The van der Waals surface area contributed by atoms with Crippen molar-refractivity contribution in [2.24, 2.45) is 0 Å². The van der Waals surface area contributed by atoms with Gasteiger partial charge in [0.2, 0.25) is 5.91 Å². The third-order valence-electron chi connectivity index (χ3n) is 5.99. The summed E-state index contributed by atoms with van der Waals surface area (Å²) >= 11 is 0. The predicted octanol–water partition coefficient (Wildman–Crippen LogP) is 2.68. The van der Waals surface area contributed by atoms with Crippen LogP contribution in [0.2, 0.25) is 0 Å². The molecule has 0 spiro atoms. The van der Waals surface area contributed by atoms with Gasteiger partial charge in [0.15, 0.2) is 0 Å². The van der Waals surface area contributed by atoms with Crippen molar-refractivity contribution in [1.29, 1.82) is 0 Å². The van der Waals surface area contributed by atoms with Crippen molar-refractivity contribution in [3.05, 3.63) is 53.1 Å². The molecule has 9 heteroatoms. The van der Waals surface area contributed by atoms with E-state index in [1.54, 1.807) is 42.7 Å². The number of benzene rings is 2. The van der Waals surface area contributed by atoms with E-state index < -0.39 is 11.0 Å². The van der Waals surface area contributed by atoms with Crippen LogP contribution in [0.5, 0.6) is 5.75 Å². The Bertz CT molecular complexity index is 1030. The van der Waals surface area contributed by atoms with Crippen molar-refractivity contribution in [3.8, 4) is 5.75 Å². The molecule has 2 amide bonds. The summed E-state index contributed by atoms with van der Waals surface area (Å²) in [4.78, 5) is 29.9. The Balaban J connectivity index is 1.52. The van der Waals surface area contributed by atoms with Crippen molar-refractivity contribution in [2.75, 3.05) is 59.2 Å². The molecule has 184 valence electrons. The fraction of sp³-hybridized carbons (Fsp3) is 0.440. The molecule has 8 nitrogen and oxygen atoms in total. The second-order valence-electron chi connectivity index (χ2n) is 8.66. The summed E-state index contributed by atoms with van der Waals surface area (Å²) < 4.78 is 20.0. The molecular weight excluding hydrogens is 452 g/mol.